The number of amides is 2. The molecule has 5 nitrogen and oxygen atoms in total. The van der Waals surface area contributed by atoms with Crippen LogP contribution in [0.5, 0.6) is 0 Å². The van der Waals surface area contributed by atoms with E-state index in [0.717, 1.165) is 11.1 Å². The minimum absolute atomic E-state index is 0.134. The fraction of sp³-hybridized carbons (Fsp3) is 0.200. The number of anilines is 1. The van der Waals surface area contributed by atoms with Gasteiger partial charge in [0.1, 0.15) is 11.9 Å². The molecule has 0 spiro atoms. The Bertz CT molecular complexity index is 1080. The smallest absolute Gasteiger partial charge is 0.255 e. The molecule has 1 N–H and O–H groups in total. The van der Waals surface area contributed by atoms with Crippen LogP contribution in [0.3, 0.4) is 0 Å². The number of nitrogens with zero attached hydrogens (tertiary/aromatic N) is 1. The number of ether oxygens (including phenoxy) is 1. The van der Waals surface area contributed by atoms with Crippen molar-refractivity contribution in [2.75, 3.05) is 25.0 Å². The molecule has 1 aliphatic rings. The summed E-state index contributed by atoms with van der Waals surface area (Å²) in [4.78, 5) is 27.4. The van der Waals surface area contributed by atoms with Crippen molar-refractivity contribution in [2.24, 2.45) is 0 Å². The summed E-state index contributed by atoms with van der Waals surface area (Å²) in [7, 11) is 0. The van der Waals surface area contributed by atoms with Crippen LogP contribution in [0.1, 0.15) is 37.9 Å². The summed E-state index contributed by atoms with van der Waals surface area (Å²) in [5, 5.41) is 2.89. The Morgan fingerprint density at radius 1 is 1.00 bits per heavy atom. The second kappa shape index (κ2) is 9.10. The number of nitrogens with one attached hydrogen (secondary N) is 1. The Morgan fingerprint density at radius 2 is 1.74 bits per heavy atom. The van der Waals surface area contributed by atoms with Crippen molar-refractivity contribution in [1.29, 1.82) is 0 Å². The van der Waals surface area contributed by atoms with Gasteiger partial charge in [0, 0.05) is 23.4 Å². The van der Waals surface area contributed by atoms with Gasteiger partial charge in [-0.15, -0.1) is 0 Å². The first-order valence-electron chi connectivity index (χ1n) is 10.1. The first-order valence-corrected chi connectivity index (χ1v) is 10.1. The zero-order valence-electron chi connectivity index (χ0n) is 17.2. The van der Waals surface area contributed by atoms with E-state index in [4.69, 9.17) is 4.74 Å². The van der Waals surface area contributed by atoms with E-state index in [0.29, 0.717) is 36.5 Å². The van der Waals surface area contributed by atoms with Crippen molar-refractivity contribution in [3.63, 3.8) is 0 Å². The van der Waals surface area contributed by atoms with Gasteiger partial charge in [0.05, 0.1) is 13.2 Å². The molecular formula is C25H23FN2O3. The summed E-state index contributed by atoms with van der Waals surface area (Å²) in [5.41, 5.74) is 3.34. The van der Waals surface area contributed by atoms with Crippen molar-refractivity contribution in [2.45, 2.75) is 13.0 Å². The zero-order valence-corrected chi connectivity index (χ0v) is 17.2. The van der Waals surface area contributed by atoms with Gasteiger partial charge in [-0.1, -0.05) is 36.4 Å². The number of morpholine rings is 1. The molecule has 1 fully saturated rings. The van der Waals surface area contributed by atoms with Crippen molar-refractivity contribution in [3.8, 4) is 0 Å². The molecule has 4 rings (SSSR count). The fourth-order valence-electron chi connectivity index (χ4n) is 3.57. The Hall–Kier alpha value is -3.51. The van der Waals surface area contributed by atoms with Gasteiger partial charge in [0.25, 0.3) is 11.8 Å². The van der Waals surface area contributed by atoms with Crippen molar-refractivity contribution in [1.82, 2.24) is 4.90 Å². The molecule has 31 heavy (non-hydrogen) atoms. The highest BCUT2D eigenvalue weighted by atomic mass is 19.1. The molecule has 1 heterocycles. The van der Waals surface area contributed by atoms with E-state index in [1.165, 1.54) is 12.1 Å². The molecule has 0 unspecified atom stereocenters. The third-order valence-electron chi connectivity index (χ3n) is 5.36. The molecule has 0 aliphatic carbocycles. The largest absolute Gasteiger partial charge is 0.370 e. The number of hydrogen-bond donors (Lipinski definition) is 1. The number of hydrogen-bond acceptors (Lipinski definition) is 3. The van der Waals surface area contributed by atoms with Gasteiger partial charge in [0.2, 0.25) is 0 Å². The van der Waals surface area contributed by atoms with E-state index in [2.05, 4.69) is 5.32 Å². The second-order valence-corrected chi connectivity index (χ2v) is 7.51. The molecule has 3 aromatic rings. The molecule has 0 radical (unpaired) electrons. The van der Waals surface area contributed by atoms with Crippen LogP contribution in [0.4, 0.5) is 10.1 Å². The highest BCUT2D eigenvalue weighted by molar-refractivity contribution is 6.05. The topological polar surface area (TPSA) is 58.6 Å². The number of carbonyl (C=O) groups excluding carboxylic acids is 2. The number of benzene rings is 3. The standard InChI is InChI=1S/C25H23FN2O3/c1-17-7-8-20(15-22(17)27-24(29)19-5-3-2-4-6-19)25(30)28-13-14-31-23(16-28)18-9-11-21(26)12-10-18/h2-12,15,23H,13-14,16H2,1H3,(H,27,29)/t23-/m1/s1. The maximum Gasteiger partial charge on any atom is 0.255 e. The van der Waals surface area contributed by atoms with Crippen LogP contribution in [0, 0.1) is 12.7 Å². The average Bonchev–Trinajstić information content (AvgIpc) is 2.81. The fourth-order valence-corrected chi connectivity index (χ4v) is 3.57. The van der Waals surface area contributed by atoms with E-state index in [1.807, 2.05) is 19.1 Å². The first-order chi connectivity index (χ1) is 15.0. The molecule has 2 amide bonds. The Labute approximate surface area is 180 Å². The Kier molecular flexibility index (Phi) is 6.09. The molecule has 1 saturated heterocycles. The minimum atomic E-state index is -0.308. The summed E-state index contributed by atoms with van der Waals surface area (Å²) >= 11 is 0. The summed E-state index contributed by atoms with van der Waals surface area (Å²) < 4.78 is 19.0. The first kappa shape index (κ1) is 20.8. The molecule has 0 aromatic heterocycles. The van der Waals surface area contributed by atoms with Crippen molar-refractivity contribution >= 4 is 17.5 Å². The molecule has 6 heteroatoms. The highest BCUT2D eigenvalue weighted by Gasteiger charge is 2.26. The van der Waals surface area contributed by atoms with Gasteiger partial charge in [-0.25, -0.2) is 4.39 Å². The quantitative estimate of drug-likeness (QED) is 0.674. The molecule has 1 atom stereocenters. The number of rotatable bonds is 4. The van der Waals surface area contributed by atoms with Gasteiger partial charge in [-0.3, -0.25) is 9.59 Å². The van der Waals surface area contributed by atoms with Crippen LogP contribution in [-0.2, 0) is 4.74 Å². The lowest BCUT2D eigenvalue weighted by Gasteiger charge is -2.33. The predicted octanol–water partition coefficient (Wildman–Crippen LogP) is 4.60. The summed E-state index contributed by atoms with van der Waals surface area (Å²) in [6.07, 6.45) is -0.305. The summed E-state index contributed by atoms with van der Waals surface area (Å²) in [5.74, 6) is -0.668. The summed E-state index contributed by atoms with van der Waals surface area (Å²) in [6.45, 7) is 3.13. The van der Waals surface area contributed by atoms with Crippen molar-refractivity contribution in [3.05, 3.63) is 101 Å². The number of carbonyl (C=O) groups is 2. The van der Waals surface area contributed by atoms with Gasteiger partial charge < -0.3 is 15.0 Å². The number of aryl methyl sites for hydroxylation is 1. The molecule has 0 saturated carbocycles. The lowest BCUT2D eigenvalue weighted by molar-refractivity contribution is -0.0228. The summed E-state index contributed by atoms with van der Waals surface area (Å²) in [6, 6.07) is 20.4. The molecule has 0 bridgehead atoms. The van der Waals surface area contributed by atoms with Crippen molar-refractivity contribution < 1.29 is 18.7 Å². The van der Waals surface area contributed by atoms with Crippen LogP contribution in [-0.4, -0.2) is 36.4 Å². The Balaban J connectivity index is 1.50. The van der Waals surface area contributed by atoms with Gasteiger partial charge in [-0.2, -0.15) is 0 Å². The van der Waals surface area contributed by atoms with Crippen LogP contribution >= 0.6 is 0 Å². The minimum Gasteiger partial charge on any atom is -0.370 e. The van der Waals surface area contributed by atoms with Crippen LogP contribution in [0.15, 0.2) is 72.8 Å². The van der Waals surface area contributed by atoms with E-state index >= 15 is 0 Å². The molecule has 158 valence electrons. The molecular weight excluding hydrogens is 395 g/mol. The maximum absolute atomic E-state index is 13.2. The average molecular weight is 418 g/mol. The van der Waals surface area contributed by atoms with Gasteiger partial charge in [0.15, 0.2) is 0 Å². The lowest BCUT2D eigenvalue weighted by atomic mass is 10.1. The van der Waals surface area contributed by atoms with Crippen LogP contribution < -0.4 is 5.32 Å². The normalized spacial score (nSPS) is 16.1. The third-order valence-corrected chi connectivity index (χ3v) is 5.36. The zero-order chi connectivity index (χ0) is 21.8. The van der Waals surface area contributed by atoms with E-state index in [-0.39, 0.29) is 23.7 Å². The third kappa shape index (κ3) is 4.81. The van der Waals surface area contributed by atoms with E-state index in [9.17, 15) is 14.0 Å². The van der Waals surface area contributed by atoms with Gasteiger partial charge in [-0.05, 0) is 54.4 Å². The molecule has 3 aromatic carbocycles. The Morgan fingerprint density at radius 3 is 2.48 bits per heavy atom. The van der Waals surface area contributed by atoms with Gasteiger partial charge >= 0.3 is 0 Å². The van der Waals surface area contributed by atoms with E-state index < -0.39 is 0 Å². The molecule has 1 aliphatic heterocycles. The predicted molar refractivity (Wildman–Crippen MR) is 117 cm³/mol. The van der Waals surface area contributed by atoms with Crippen LogP contribution in [0.25, 0.3) is 0 Å². The second-order valence-electron chi connectivity index (χ2n) is 7.51. The van der Waals surface area contributed by atoms with Crippen LogP contribution in [0.2, 0.25) is 0 Å². The lowest BCUT2D eigenvalue weighted by Crippen LogP contribution is -2.42. The maximum atomic E-state index is 13.2. The number of halogens is 1. The monoisotopic (exact) mass is 418 g/mol. The SMILES string of the molecule is Cc1ccc(C(=O)N2CCO[C@@H](c3ccc(F)cc3)C2)cc1NC(=O)c1ccccc1. The van der Waals surface area contributed by atoms with E-state index in [1.54, 1.807) is 53.4 Å². The highest BCUT2D eigenvalue weighted by Crippen LogP contribution is 2.25.